The summed E-state index contributed by atoms with van der Waals surface area (Å²) >= 11 is 6.19. The van der Waals surface area contributed by atoms with Crippen molar-refractivity contribution in [2.75, 3.05) is 5.32 Å². The summed E-state index contributed by atoms with van der Waals surface area (Å²) in [4.78, 5) is 11.5. The van der Waals surface area contributed by atoms with Crippen LogP contribution in [0, 0.1) is 6.92 Å². The summed E-state index contributed by atoms with van der Waals surface area (Å²) in [6.45, 7) is 1.98. The first kappa shape index (κ1) is 13.0. The van der Waals surface area contributed by atoms with Crippen LogP contribution in [0.3, 0.4) is 0 Å². The zero-order valence-electron chi connectivity index (χ0n) is 10.8. The number of hydrogen-bond acceptors (Lipinski definition) is 3. The maximum Gasteiger partial charge on any atom is 0.245 e. The molecule has 0 saturated carbocycles. The number of ether oxygens (including phenoxy) is 1. The molecule has 0 spiro atoms. The Balaban J connectivity index is 1.96. The van der Waals surface area contributed by atoms with Crippen LogP contribution in [0.2, 0.25) is 5.02 Å². The molecule has 1 aliphatic rings. The van der Waals surface area contributed by atoms with Crippen molar-refractivity contribution in [2.45, 2.75) is 13.0 Å². The number of benzene rings is 2. The minimum atomic E-state index is -0.671. The molecule has 1 aliphatic heterocycles. The molecule has 2 aromatic carbocycles. The van der Waals surface area contributed by atoms with Crippen LogP contribution in [0.1, 0.15) is 17.2 Å². The number of rotatable bonds is 2. The lowest BCUT2D eigenvalue weighted by Crippen LogP contribution is -2.19. The van der Waals surface area contributed by atoms with Crippen LogP contribution in [0.25, 0.3) is 0 Å². The molecule has 0 aliphatic carbocycles. The molecule has 1 unspecified atom stereocenters. The standard InChI is InChI=1S/C15H13ClN2O2/c1-8-3-2-4-9(5-8)20-13-7-12-10(6-11(13)16)14(17)15(19)18-12/h2-7,14H,17H2,1H3,(H,18,19). The fourth-order valence-electron chi connectivity index (χ4n) is 2.17. The van der Waals surface area contributed by atoms with Gasteiger partial charge in [0.15, 0.2) is 0 Å². The molecule has 0 radical (unpaired) electrons. The number of nitrogens with two attached hydrogens (primary N) is 1. The lowest BCUT2D eigenvalue weighted by atomic mass is 10.1. The van der Waals surface area contributed by atoms with Gasteiger partial charge in [-0.3, -0.25) is 4.79 Å². The van der Waals surface area contributed by atoms with Crippen molar-refractivity contribution < 1.29 is 9.53 Å². The molecular formula is C15H13ClN2O2. The van der Waals surface area contributed by atoms with E-state index in [1.165, 1.54) is 0 Å². The molecule has 5 heteroatoms. The van der Waals surface area contributed by atoms with Gasteiger partial charge in [0.1, 0.15) is 17.5 Å². The molecule has 3 rings (SSSR count). The number of amides is 1. The predicted octanol–water partition coefficient (Wildman–Crippen LogP) is 3.39. The predicted molar refractivity (Wildman–Crippen MR) is 78.3 cm³/mol. The molecule has 0 fully saturated rings. The molecule has 0 aromatic heterocycles. The van der Waals surface area contributed by atoms with Gasteiger partial charge in [-0.1, -0.05) is 23.7 Å². The van der Waals surface area contributed by atoms with Crippen LogP contribution in [0.5, 0.6) is 11.5 Å². The van der Waals surface area contributed by atoms with Crippen molar-refractivity contribution in [2.24, 2.45) is 5.73 Å². The van der Waals surface area contributed by atoms with E-state index in [-0.39, 0.29) is 5.91 Å². The van der Waals surface area contributed by atoms with E-state index in [0.29, 0.717) is 27.8 Å². The second-order valence-electron chi connectivity index (χ2n) is 4.76. The molecule has 1 amide bonds. The lowest BCUT2D eigenvalue weighted by molar-refractivity contribution is -0.116. The molecule has 3 N–H and O–H groups in total. The number of carbonyl (C=O) groups excluding carboxylic acids is 1. The Morgan fingerprint density at radius 1 is 1.30 bits per heavy atom. The number of halogens is 1. The molecule has 0 saturated heterocycles. The molecule has 0 bridgehead atoms. The van der Waals surface area contributed by atoms with E-state index in [1.54, 1.807) is 12.1 Å². The summed E-state index contributed by atoms with van der Waals surface area (Å²) in [5.41, 5.74) is 8.20. The summed E-state index contributed by atoms with van der Waals surface area (Å²) in [6, 6.07) is 10.3. The Hall–Kier alpha value is -2.04. The topological polar surface area (TPSA) is 64.3 Å². The highest BCUT2D eigenvalue weighted by atomic mass is 35.5. The minimum absolute atomic E-state index is 0.233. The lowest BCUT2D eigenvalue weighted by Gasteiger charge is -2.10. The van der Waals surface area contributed by atoms with Gasteiger partial charge in [0, 0.05) is 17.3 Å². The van der Waals surface area contributed by atoms with Crippen LogP contribution in [0.4, 0.5) is 5.69 Å². The van der Waals surface area contributed by atoms with Gasteiger partial charge in [0.2, 0.25) is 5.91 Å². The van der Waals surface area contributed by atoms with Crippen molar-refractivity contribution in [3.8, 4) is 11.5 Å². The highest BCUT2D eigenvalue weighted by molar-refractivity contribution is 6.32. The molecule has 1 heterocycles. The highest BCUT2D eigenvalue weighted by Crippen LogP contribution is 2.39. The fraction of sp³-hybridized carbons (Fsp3) is 0.133. The second-order valence-corrected chi connectivity index (χ2v) is 5.16. The Labute approximate surface area is 121 Å². The van der Waals surface area contributed by atoms with Crippen LogP contribution in [-0.4, -0.2) is 5.91 Å². The van der Waals surface area contributed by atoms with Gasteiger partial charge in [0.05, 0.1) is 5.02 Å². The normalized spacial score (nSPS) is 16.8. The van der Waals surface area contributed by atoms with E-state index in [0.717, 1.165) is 5.56 Å². The third-order valence-electron chi connectivity index (χ3n) is 3.20. The van der Waals surface area contributed by atoms with Gasteiger partial charge in [0.25, 0.3) is 0 Å². The van der Waals surface area contributed by atoms with Gasteiger partial charge >= 0.3 is 0 Å². The number of hydrogen-bond donors (Lipinski definition) is 2. The monoisotopic (exact) mass is 288 g/mol. The van der Waals surface area contributed by atoms with Gasteiger partial charge in [-0.15, -0.1) is 0 Å². The minimum Gasteiger partial charge on any atom is -0.456 e. The van der Waals surface area contributed by atoms with E-state index in [1.807, 2.05) is 31.2 Å². The van der Waals surface area contributed by atoms with Crippen LogP contribution < -0.4 is 15.8 Å². The third kappa shape index (κ3) is 2.24. The summed E-state index contributed by atoms with van der Waals surface area (Å²) in [5.74, 6) is 0.953. The number of nitrogens with one attached hydrogen (secondary N) is 1. The number of fused-ring (bicyclic) bond motifs is 1. The smallest absolute Gasteiger partial charge is 0.245 e. The molecule has 1 atom stereocenters. The van der Waals surface area contributed by atoms with E-state index >= 15 is 0 Å². The quantitative estimate of drug-likeness (QED) is 0.890. The largest absolute Gasteiger partial charge is 0.456 e. The number of anilines is 1. The fourth-order valence-corrected chi connectivity index (χ4v) is 2.38. The molecule has 4 nitrogen and oxygen atoms in total. The molecule has 20 heavy (non-hydrogen) atoms. The molecule has 2 aromatic rings. The second kappa shape index (κ2) is 4.81. The van der Waals surface area contributed by atoms with E-state index in [9.17, 15) is 4.79 Å². The van der Waals surface area contributed by atoms with E-state index in [2.05, 4.69) is 5.32 Å². The Morgan fingerprint density at radius 2 is 2.10 bits per heavy atom. The average molecular weight is 289 g/mol. The van der Waals surface area contributed by atoms with E-state index < -0.39 is 6.04 Å². The first-order chi connectivity index (χ1) is 9.54. The van der Waals surface area contributed by atoms with Crippen molar-refractivity contribution >= 4 is 23.2 Å². The van der Waals surface area contributed by atoms with Crippen molar-refractivity contribution in [1.29, 1.82) is 0 Å². The number of carbonyl (C=O) groups is 1. The average Bonchev–Trinajstić information content (AvgIpc) is 2.66. The Bertz CT molecular complexity index is 700. The first-order valence-corrected chi connectivity index (χ1v) is 6.57. The van der Waals surface area contributed by atoms with Crippen LogP contribution in [0.15, 0.2) is 36.4 Å². The summed E-state index contributed by atoms with van der Waals surface area (Å²) in [5, 5.41) is 3.14. The zero-order valence-corrected chi connectivity index (χ0v) is 11.6. The summed E-state index contributed by atoms with van der Waals surface area (Å²) in [7, 11) is 0. The van der Waals surface area contributed by atoms with Gasteiger partial charge in [-0.2, -0.15) is 0 Å². The highest BCUT2D eigenvalue weighted by Gasteiger charge is 2.28. The maximum absolute atomic E-state index is 11.5. The van der Waals surface area contributed by atoms with Crippen molar-refractivity contribution in [1.82, 2.24) is 0 Å². The van der Waals surface area contributed by atoms with E-state index in [4.69, 9.17) is 22.1 Å². The number of aryl methyl sites for hydroxylation is 1. The summed E-state index contributed by atoms with van der Waals surface area (Å²) < 4.78 is 5.76. The van der Waals surface area contributed by atoms with Crippen LogP contribution >= 0.6 is 11.6 Å². The van der Waals surface area contributed by atoms with Crippen LogP contribution in [-0.2, 0) is 4.79 Å². The van der Waals surface area contributed by atoms with Crippen molar-refractivity contribution in [3.63, 3.8) is 0 Å². The van der Waals surface area contributed by atoms with Gasteiger partial charge in [-0.25, -0.2) is 0 Å². The third-order valence-corrected chi connectivity index (χ3v) is 3.49. The SMILES string of the molecule is Cc1cccc(Oc2cc3c(cc2Cl)C(N)C(=O)N3)c1. The first-order valence-electron chi connectivity index (χ1n) is 6.19. The molecule has 102 valence electrons. The molecular weight excluding hydrogens is 276 g/mol. The summed E-state index contributed by atoms with van der Waals surface area (Å²) in [6.07, 6.45) is 0. The van der Waals surface area contributed by atoms with Gasteiger partial charge < -0.3 is 15.8 Å². The zero-order chi connectivity index (χ0) is 14.3. The maximum atomic E-state index is 11.5. The van der Waals surface area contributed by atoms with Crippen molar-refractivity contribution in [3.05, 3.63) is 52.5 Å². The Morgan fingerprint density at radius 3 is 2.85 bits per heavy atom. The van der Waals surface area contributed by atoms with Gasteiger partial charge in [-0.05, 0) is 30.7 Å². The Kier molecular flexibility index (Phi) is 3.12.